The fraction of sp³-hybridized carbons (Fsp3) is 0.455. The van der Waals surface area contributed by atoms with E-state index in [2.05, 4.69) is 5.32 Å². The second-order valence-electron chi connectivity index (χ2n) is 4.51. The normalized spacial score (nSPS) is 13.1. The Hall–Kier alpha value is -1.34. The van der Waals surface area contributed by atoms with E-state index in [0.29, 0.717) is 11.3 Å². The van der Waals surface area contributed by atoms with Gasteiger partial charge in [0.25, 0.3) is 5.69 Å². The van der Waals surface area contributed by atoms with Crippen molar-refractivity contribution in [3.8, 4) is 0 Å². The minimum absolute atomic E-state index is 0.0182. The third kappa shape index (κ3) is 4.68. The maximum atomic E-state index is 11.2. The molecule has 0 bridgehead atoms. The Morgan fingerprint density at radius 3 is 2.53 bits per heavy atom. The van der Waals surface area contributed by atoms with Crippen LogP contribution in [0.25, 0.3) is 0 Å². The predicted octanol–water partition coefficient (Wildman–Crippen LogP) is 2.40. The van der Waals surface area contributed by atoms with Crippen LogP contribution in [0.1, 0.15) is 12.5 Å². The van der Waals surface area contributed by atoms with Gasteiger partial charge < -0.3 is 5.32 Å². The van der Waals surface area contributed by atoms with Crippen molar-refractivity contribution in [3.05, 3.63) is 32.8 Å². The Balaban J connectivity index is 2.97. The lowest BCUT2D eigenvalue weighted by atomic mass is 10.1. The highest BCUT2D eigenvalue weighted by Crippen LogP contribution is 2.30. The summed E-state index contributed by atoms with van der Waals surface area (Å²) in [6.45, 7) is 3.41. The van der Waals surface area contributed by atoms with Crippen molar-refractivity contribution in [1.82, 2.24) is 0 Å². The van der Waals surface area contributed by atoms with Gasteiger partial charge in [0, 0.05) is 24.1 Å². The third-order valence-electron chi connectivity index (χ3n) is 2.45. The Kier molecular flexibility index (Phi) is 4.75. The van der Waals surface area contributed by atoms with Gasteiger partial charge in [-0.05, 0) is 25.5 Å². The molecular weight excluding hydrogens is 292 g/mol. The highest BCUT2D eigenvalue weighted by atomic mass is 35.5. The zero-order valence-electron chi connectivity index (χ0n) is 10.8. The van der Waals surface area contributed by atoms with Gasteiger partial charge in [0.05, 0.1) is 10.7 Å². The maximum Gasteiger partial charge on any atom is 0.288 e. The quantitative estimate of drug-likeness (QED) is 0.666. The average Bonchev–Trinajstić information content (AvgIpc) is 2.19. The van der Waals surface area contributed by atoms with Crippen molar-refractivity contribution in [3.63, 3.8) is 0 Å². The summed E-state index contributed by atoms with van der Waals surface area (Å²) in [5.74, 6) is -0.0267. The van der Waals surface area contributed by atoms with Crippen LogP contribution in [0.3, 0.4) is 0 Å². The molecule has 1 unspecified atom stereocenters. The summed E-state index contributed by atoms with van der Waals surface area (Å²) in [7, 11) is -3.09. The maximum absolute atomic E-state index is 11.2. The first kappa shape index (κ1) is 15.7. The van der Waals surface area contributed by atoms with E-state index in [4.69, 9.17) is 11.6 Å². The molecule has 8 heteroatoms. The van der Waals surface area contributed by atoms with Crippen molar-refractivity contribution in [2.75, 3.05) is 17.3 Å². The Morgan fingerprint density at radius 1 is 1.47 bits per heavy atom. The average molecular weight is 307 g/mol. The van der Waals surface area contributed by atoms with Gasteiger partial charge in [0.2, 0.25) is 0 Å². The number of nitrogens with zero attached hydrogens (tertiary/aromatic N) is 1. The summed E-state index contributed by atoms with van der Waals surface area (Å²) in [6.07, 6.45) is 1.15. The van der Waals surface area contributed by atoms with Crippen molar-refractivity contribution < 1.29 is 13.3 Å². The van der Waals surface area contributed by atoms with E-state index in [9.17, 15) is 18.5 Å². The summed E-state index contributed by atoms with van der Waals surface area (Å²) >= 11 is 5.81. The van der Waals surface area contributed by atoms with Gasteiger partial charge in [0.15, 0.2) is 0 Å². The molecule has 0 amide bonds. The van der Waals surface area contributed by atoms with Crippen LogP contribution in [-0.2, 0) is 9.84 Å². The number of anilines is 1. The molecule has 0 saturated carbocycles. The number of nitrogens with one attached hydrogen (secondary N) is 1. The Morgan fingerprint density at radius 2 is 2.05 bits per heavy atom. The minimum atomic E-state index is -3.09. The second-order valence-corrected chi connectivity index (χ2v) is 7.11. The molecular formula is C11H15ClN2O4S. The van der Waals surface area contributed by atoms with Gasteiger partial charge in [-0.15, -0.1) is 0 Å². The molecule has 106 valence electrons. The van der Waals surface area contributed by atoms with Gasteiger partial charge in [-0.3, -0.25) is 10.1 Å². The second kappa shape index (κ2) is 5.75. The van der Waals surface area contributed by atoms with E-state index in [1.807, 2.05) is 0 Å². The fourth-order valence-corrected chi connectivity index (χ4v) is 2.95. The topological polar surface area (TPSA) is 89.3 Å². The predicted molar refractivity (Wildman–Crippen MR) is 75.6 cm³/mol. The van der Waals surface area contributed by atoms with Crippen molar-refractivity contribution in [1.29, 1.82) is 0 Å². The summed E-state index contributed by atoms with van der Waals surface area (Å²) in [5, 5.41) is 13.7. The molecule has 0 spiro atoms. The van der Waals surface area contributed by atoms with E-state index >= 15 is 0 Å². The Labute approximate surface area is 116 Å². The largest absolute Gasteiger partial charge is 0.381 e. The first-order chi connectivity index (χ1) is 8.60. The van der Waals surface area contributed by atoms with Gasteiger partial charge in [-0.25, -0.2) is 8.42 Å². The smallest absolute Gasteiger partial charge is 0.288 e. The zero-order chi connectivity index (χ0) is 14.8. The molecule has 1 atom stereocenters. The van der Waals surface area contributed by atoms with Crippen molar-refractivity contribution in [2.45, 2.75) is 19.9 Å². The number of benzene rings is 1. The number of sulfone groups is 1. The lowest BCUT2D eigenvalue weighted by molar-refractivity contribution is -0.384. The molecule has 0 saturated heterocycles. The van der Waals surface area contributed by atoms with Crippen LogP contribution in [0, 0.1) is 17.0 Å². The number of hydrogen-bond donors (Lipinski definition) is 1. The molecule has 0 radical (unpaired) electrons. The van der Waals surface area contributed by atoms with Crippen LogP contribution in [0.5, 0.6) is 0 Å². The molecule has 0 aromatic heterocycles. The Bertz CT molecular complexity index is 601. The van der Waals surface area contributed by atoms with Crippen LogP contribution in [-0.4, -0.2) is 31.4 Å². The summed E-state index contributed by atoms with van der Waals surface area (Å²) in [4.78, 5) is 10.2. The van der Waals surface area contributed by atoms with Crippen LogP contribution in [0.2, 0.25) is 5.02 Å². The molecule has 0 fully saturated rings. The third-order valence-corrected chi connectivity index (χ3v) is 3.85. The fourth-order valence-electron chi connectivity index (χ4n) is 1.72. The molecule has 1 rings (SSSR count). The summed E-state index contributed by atoms with van der Waals surface area (Å²) < 4.78 is 22.3. The van der Waals surface area contributed by atoms with Gasteiger partial charge in [0.1, 0.15) is 14.9 Å². The van der Waals surface area contributed by atoms with E-state index in [-0.39, 0.29) is 22.5 Å². The molecule has 0 aliphatic carbocycles. The van der Waals surface area contributed by atoms with E-state index in [1.54, 1.807) is 13.8 Å². The molecule has 1 aromatic carbocycles. The standard InChI is InChI=1S/C11H15ClN2O4S/c1-7-4-11(14(15)16)9(12)5-10(7)13-8(2)6-19(3,17)18/h4-5,8,13H,6H2,1-3H3. The van der Waals surface area contributed by atoms with Gasteiger partial charge in [-0.2, -0.15) is 0 Å². The summed E-state index contributed by atoms with van der Waals surface area (Å²) in [5.41, 5.74) is 1.06. The van der Waals surface area contributed by atoms with Gasteiger partial charge >= 0.3 is 0 Å². The molecule has 1 aromatic rings. The van der Waals surface area contributed by atoms with Gasteiger partial charge in [-0.1, -0.05) is 11.6 Å². The van der Waals surface area contributed by atoms with E-state index in [0.717, 1.165) is 6.26 Å². The molecule has 0 aliphatic rings. The molecule has 0 heterocycles. The highest BCUT2D eigenvalue weighted by molar-refractivity contribution is 7.90. The number of aryl methyl sites for hydroxylation is 1. The molecule has 0 aliphatic heterocycles. The first-order valence-electron chi connectivity index (χ1n) is 5.49. The molecule has 19 heavy (non-hydrogen) atoms. The number of rotatable bonds is 5. The number of halogens is 1. The highest BCUT2D eigenvalue weighted by Gasteiger charge is 2.17. The van der Waals surface area contributed by atoms with Crippen LogP contribution in [0.4, 0.5) is 11.4 Å². The SMILES string of the molecule is Cc1cc([N+](=O)[O-])c(Cl)cc1NC(C)CS(C)(=O)=O. The number of nitro groups is 1. The van der Waals surface area contributed by atoms with E-state index in [1.165, 1.54) is 12.1 Å². The molecule has 6 nitrogen and oxygen atoms in total. The van der Waals surface area contributed by atoms with Crippen molar-refractivity contribution in [2.24, 2.45) is 0 Å². The lowest BCUT2D eigenvalue weighted by Gasteiger charge is -2.16. The first-order valence-corrected chi connectivity index (χ1v) is 7.93. The van der Waals surface area contributed by atoms with Crippen LogP contribution in [0.15, 0.2) is 12.1 Å². The number of nitro benzene ring substituents is 1. The number of hydrogen-bond acceptors (Lipinski definition) is 5. The van der Waals surface area contributed by atoms with Crippen LogP contribution < -0.4 is 5.32 Å². The van der Waals surface area contributed by atoms with Crippen molar-refractivity contribution >= 4 is 32.8 Å². The minimum Gasteiger partial charge on any atom is -0.381 e. The zero-order valence-corrected chi connectivity index (χ0v) is 12.4. The van der Waals surface area contributed by atoms with Crippen LogP contribution >= 0.6 is 11.6 Å². The monoisotopic (exact) mass is 306 g/mol. The summed E-state index contributed by atoms with van der Waals surface area (Å²) in [6, 6.07) is 2.48. The lowest BCUT2D eigenvalue weighted by Crippen LogP contribution is -2.25. The van der Waals surface area contributed by atoms with E-state index < -0.39 is 14.8 Å². The molecule has 1 N–H and O–H groups in total.